The van der Waals surface area contributed by atoms with Gasteiger partial charge < -0.3 is 19.5 Å². The van der Waals surface area contributed by atoms with Crippen molar-refractivity contribution in [3.8, 4) is 11.5 Å². The van der Waals surface area contributed by atoms with E-state index in [4.69, 9.17) is 9.47 Å². The lowest BCUT2D eigenvalue weighted by Gasteiger charge is -2.34. The molecule has 0 atom stereocenters. The van der Waals surface area contributed by atoms with E-state index in [2.05, 4.69) is 26.3 Å². The number of halogens is 2. The molecule has 8 nitrogen and oxygen atoms in total. The van der Waals surface area contributed by atoms with Gasteiger partial charge in [-0.2, -0.15) is 0 Å². The highest BCUT2D eigenvalue weighted by atomic mass is 79.9. The summed E-state index contributed by atoms with van der Waals surface area (Å²) in [5.74, 6) is -0.418. The number of nitrogens with zero attached hydrogens (tertiary/aromatic N) is 2. The fourth-order valence-corrected chi connectivity index (χ4v) is 5.60. The summed E-state index contributed by atoms with van der Waals surface area (Å²) in [5, 5.41) is 11.1. The molecule has 1 aliphatic heterocycles. The number of methoxy groups -OCH3 is 1. The number of anilines is 3. The topological polar surface area (TPSA) is 91.3 Å². The molecule has 44 heavy (non-hydrogen) atoms. The number of aromatic carboxylic acids is 1. The van der Waals surface area contributed by atoms with Gasteiger partial charge in [0.1, 0.15) is 23.7 Å². The largest absolute Gasteiger partial charge is 0.496 e. The first kappa shape index (κ1) is 32.7. The summed E-state index contributed by atoms with van der Waals surface area (Å²) in [7, 11) is 1.41. The van der Waals surface area contributed by atoms with E-state index >= 15 is 0 Å². The van der Waals surface area contributed by atoms with E-state index in [1.807, 2.05) is 78.9 Å². The van der Waals surface area contributed by atoms with E-state index < -0.39 is 5.97 Å². The molecule has 230 valence electrons. The van der Waals surface area contributed by atoms with Gasteiger partial charge in [-0.15, -0.1) is 12.4 Å². The molecule has 0 spiro atoms. The Hall–Kier alpha value is -4.21. The second-order valence-electron chi connectivity index (χ2n) is 10.3. The number of piperidine rings is 1. The van der Waals surface area contributed by atoms with E-state index in [1.54, 1.807) is 11.1 Å². The maximum atomic E-state index is 14.1. The molecule has 1 fully saturated rings. The number of carbonyl (C=O) groups excluding carboxylic acids is 1. The summed E-state index contributed by atoms with van der Waals surface area (Å²) in [6.07, 6.45) is 3.39. The second-order valence-corrected chi connectivity index (χ2v) is 11.2. The summed E-state index contributed by atoms with van der Waals surface area (Å²) in [6, 6.07) is 28.4. The van der Waals surface area contributed by atoms with Gasteiger partial charge in [-0.3, -0.25) is 10.2 Å². The van der Waals surface area contributed by atoms with Crippen LogP contribution >= 0.6 is 28.3 Å². The normalized spacial score (nSPS) is 12.5. The molecule has 1 heterocycles. The molecule has 4 aromatic carbocycles. The summed E-state index contributed by atoms with van der Waals surface area (Å²) in [6.45, 7) is 2.30. The highest BCUT2D eigenvalue weighted by Crippen LogP contribution is 2.34. The molecule has 0 unspecified atom stereocenters. The van der Waals surface area contributed by atoms with Gasteiger partial charge in [0, 0.05) is 17.6 Å². The molecule has 4 aromatic rings. The van der Waals surface area contributed by atoms with Gasteiger partial charge in [0.15, 0.2) is 0 Å². The third-order valence-electron chi connectivity index (χ3n) is 7.35. The molecule has 2 N–H and O–H groups in total. The SMILES string of the molecule is COc1cc(CC(=O)N(Nc2ccc(OCc3ccccc3)cc2)c2ccccc2N2CCCCC2)c(Br)cc1C(=O)O.Cl. The maximum Gasteiger partial charge on any atom is 0.339 e. The third kappa shape index (κ3) is 8.03. The van der Waals surface area contributed by atoms with E-state index in [0.717, 1.165) is 48.6 Å². The van der Waals surface area contributed by atoms with Crippen molar-refractivity contribution in [1.82, 2.24) is 0 Å². The zero-order chi connectivity index (χ0) is 30.2. The summed E-state index contributed by atoms with van der Waals surface area (Å²) in [4.78, 5) is 28.1. The van der Waals surface area contributed by atoms with Gasteiger partial charge in [-0.1, -0.05) is 58.4 Å². The van der Waals surface area contributed by atoms with Crippen LogP contribution in [-0.4, -0.2) is 37.2 Å². The number of benzene rings is 4. The molecule has 0 bridgehead atoms. The van der Waals surface area contributed by atoms with Gasteiger partial charge in [0.25, 0.3) is 0 Å². The van der Waals surface area contributed by atoms with Gasteiger partial charge in [0.2, 0.25) is 5.91 Å². The Morgan fingerprint density at radius 1 is 0.932 bits per heavy atom. The number of carboxylic acid groups (broad SMARTS) is 1. The maximum absolute atomic E-state index is 14.1. The number of ether oxygens (including phenoxy) is 2. The third-order valence-corrected chi connectivity index (χ3v) is 8.09. The van der Waals surface area contributed by atoms with Crippen molar-refractivity contribution in [3.63, 3.8) is 0 Å². The zero-order valence-corrected chi connectivity index (χ0v) is 26.8. The number of rotatable bonds is 11. The number of amides is 1. The predicted octanol–water partition coefficient (Wildman–Crippen LogP) is 7.75. The molecular weight excluding hydrogens is 646 g/mol. The molecule has 0 saturated carbocycles. The minimum absolute atomic E-state index is 0. The number of carboxylic acids is 1. The Bertz CT molecular complexity index is 1560. The summed E-state index contributed by atoms with van der Waals surface area (Å²) in [5.41, 5.74) is 7.47. The van der Waals surface area contributed by atoms with E-state index in [1.165, 1.54) is 19.6 Å². The minimum atomic E-state index is -1.11. The fraction of sp³-hybridized carbons (Fsp3) is 0.235. The number of carbonyl (C=O) groups is 2. The van der Waals surface area contributed by atoms with E-state index in [9.17, 15) is 14.7 Å². The van der Waals surface area contributed by atoms with Crippen LogP contribution in [0.2, 0.25) is 0 Å². The number of hydrogen-bond donors (Lipinski definition) is 2. The zero-order valence-electron chi connectivity index (χ0n) is 24.4. The Labute approximate surface area is 272 Å². The van der Waals surface area contributed by atoms with Crippen LogP contribution in [0.4, 0.5) is 17.1 Å². The fourth-order valence-electron chi connectivity index (χ4n) is 5.12. The van der Waals surface area contributed by atoms with Gasteiger partial charge in [0.05, 0.1) is 30.6 Å². The molecule has 0 aliphatic carbocycles. The van der Waals surface area contributed by atoms with Gasteiger partial charge in [-0.05, 0) is 78.9 Å². The molecule has 0 radical (unpaired) electrons. The number of hydrazine groups is 1. The molecule has 5 rings (SSSR count). The Morgan fingerprint density at radius 2 is 1.61 bits per heavy atom. The lowest BCUT2D eigenvalue weighted by Crippen LogP contribution is -2.39. The highest BCUT2D eigenvalue weighted by Gasteiger charge is 2.25. The van der Waals surface area contributed by atoms with Crippen molar-refractivity contribution in [2.24, 2.45) is 0 Å². The first-order chi connectivity index (χ1) is 20.9. The number of para-hydroxylation sites is 2. The van der Waals surface area contributed by atoms with Crippen molar-refractivity contribution in [3.05, 3.63) is 112 Å². The van der Waals surface area contributed by atoms with Crippen molar-refractivity contribution in [2.45, 2.75) is 32.3 Å². The van der Waals surface area contributed by atoms with Crippen molar-refractivity contribution in [1.29, 1.82) is 0 Å². The standard InChI is InChI=1S/C34H34BrN3O5.ClH/c1-42-32-20-25(29(35)22-28(32)34(40)41)21-33(39)38(31-13-7-6-12-30(31)37-18-8-3-9-19-37)36-26-14-16-27(17-15-26)43-23-24-10-4-2-5-11-24;/h2,4-7,10-17,20,22,36H,3,8-9,18-19,21,23H2,1H3,(H,40,41);1H. The quantitative estimate of drug-likeness (QED) is 0.157. The minimum Gasteiger partial charge on any atom is -0.496 e. The molecule has 0 aromatic heterocycles. The second kappa shape index (κ2) is 15.5. The van der Waals surface area contributed by atoms with Crippen LogP contribution in [0.3, 0.4) is 0 Å². The van der Waals surface area contributed by atoms with Crippen LogP contribution in [0.1, 0.15) is 40.7 Å². The molecule has 1 aliphatic rings. The van der Waals surface area contributed by atoms with Crippen LogP contribution in [-0.2, 0) is 17.8 Å². The Kier molecular flexibility index (Phi) is 11.5. The first-order valence-electron chi connectivity index (χ1n) is 14.2. The first-order valence-corrected chi connectivity index (χ1v) is 15.0. The lowest BCUT2D eigenvalue weighted by molar-refractivity contribution is -0.117. The van der Waals surface area contributed by atoms with Crippen molar-refractivity contribution >= 4 is 57.3 Å². The van der Waals surface area contributed by atoms with E-state index in [0.29, 0.717) is 22.3 Å². The van der Waals surface area contributed by atoms with Crippen LogP contribution < -0.4 is 24.8 Å². The number of nitrogens with one attached hydrogen (secondary N) is 1. The van der Waals surface area contributed by atoms with Gasteiger partial charge in [-0.25, -0.2) is 9.80 Å². The van der Waals surface area contributed by atoms with Crippen LogP contribution in [0.25, 0.3) is 0 Å². The monoisotopic (exact) mass is 679 g/mol. The highest BCUT2D eigenvalue weighted by molar-refractivity contribution is 9.10. The average molecular weight is 681 g/mol. The van der Waals surface area contributed by atoms with Crippen LogP contribution in [0, 0.1) is 0 Å². The summed E-state index contributed by atoms with van der Waals surface area (Å²) < 4.78 is 11.8. The van der Waals surface area contributed by atoms with Crippen LogP contribution in [0.15, 0.2) is 95.5 Å². The summed E-state index contributed by atoms with van der Waals surface area (Å²) >= 11 is 3.46. The Balaban J connectivity index is 0.00000442. The number of hydrogen-bond acceptors (Lipinski definition) is 6. The smallest absolute Gasteiger partial charge is 0.339 e. The van der Waals surface area contributed by atoms with E-state index in [-0.39, 0.29) is 36.0 Å². The average Bonchev–Trinajstić information content (AvgIpc) is 3.04. The molecule has 10 heteroatoms. The molecule has 1 amide bonds. The molecular formula is C34H35BrClN3O5. The van der Waals surface area contributed by atoms with Gasteiger partial charge >= 0.3 is 5.97 Å². The Morgan fingerprint density at radius 3 is 2.30 bits per heavy atom. The predicted molar refractivity (Wildman–Crippen MR) is 179 cm³/mol. The molecule has 1 saturated heterocycles. The van der Waals surface area contributed by atoms with Crippen molar-refractivity contribution < 1.29 is 24.2 Å². The van der Waals surface area contributed by atoms with Crippen molar-refractivity contribution in [2.75, 3.05) is 35.5 Å². The lowest BCUT2D eigenvalue weighted by atomic mass is 10.1. The van der Waals surface area contributed by atoms with Crippen LogP contribution in [0.5, 0.6) is 11.5 Å².